The minimum Gasteiger partial charge on any atom is -0.388 e. The number of amidine groups is 1. The van der Waals surface area contributed by atoms with Crippen LogP contribution in [0.4, 0.5) is 0 Å². The fourth-order valence-corrected chi connectivity index (χ4v) is 0.867. The number of hydrogen-bond donors (Lipinski definition) is 2. The van der Waals surface area contributed by atoms with E-state index in [9.17, 15) is 8.42 Å². The quantitative estimate of drug-likeness (QED) is 0.437. The van der Waals surface area contributed by atoms with Crippen molar-refractivity contribution in [3.63, 3.8) is 0 Å². The number of nitrogens with zero attached hydrogens (tertiary/aromatic N) is 1. The molecule has 0 fully saturated rings. The van der Waals surface area contributed by atoms with Crippen molar-refractivity contribution in [2.24, 2.45) is 5.73 Å². The molecule has 0 amide bonds. The molecule has 3 N–H and O–H groups in total. The summed E-state index contributed by atoms with van der Waals surface area (Å²) >= 11 is 0. The summed E-state index contributed by atoms with van der Waals surface area (Å²) in [7, 11) is -1.66. The van der Waals surface area contributed by atoms with E-state index in [4.69, 9.17) is 11.1 Å². The first-order valence-electron chi connectivity index (χ1n) is 3.08. The Labute approximate surface area is 66.7 Å². The monoisotopic (exact) mass is 179 g/mol. The predicted molar refractivity (Wildman–Crippen MR) is 44.0 cm³/mol. The predicted octanol–water partition coefficient (Wildman–Crippen LogP) is -0.796. The molecule has 0 aliphatic rings. The highest BCUT2D eigenvalue weighted by atomic mass is 32.2. The molecule has 11 heavy (non-hydrogen) atoms. The number of nitrogens with two attached hydrogens (primary N) is 1. The van der Waals surface area contributed by atoms with E-state index >= 15 is 0 Å². The second-order valence-corrected chi connectivity index (χ2v) is 4.45. The van der Waals surface area contributed by atoms with E-state index in [0.717, 1.165) is 10.6 Å². The smallest absolute Gasteiger partial charge is 0.210 e. The molecular formula is C5H13N3O2S. The fraction of sp³-hybridized carbons (Fsp3) is 0.800. The van der Waals surface area contributed by atoms with Crippen LogP contribution in [0.3, 0.4) is 0 Å². The molecule has 0 rings (SSSR count). The molecule has 0 heterocycles. The third kappa shape index (κ3) is 4.74. The zero-order valence-electron chi connectivity index (χ0n) is 6.66. The Morgan fingerprint density at radius 2 is 2.09 bits per heavy atom. The Kier molecular flexibility index (Phi) is 3.47. The lowest BCUT2D eigenvalue weighted by molar-refractivity contribution is 0.483. The van der Waals surface area contributed by atoms with Crippen molar-refractivity contribution in [3.8, 4) is 0 Å². The maximum Gasteiger partial charge on any atom is 0.210 e. The Balaban J connectivity index is 3.90. The van der Waals surface area contributed by atoms with Gasteiger partial charge in [0, 0.05) is 20.0 Å². The first-order chi connectivity index (χ1) is 4.84. The standard InChI is InChI=1S/C5H13N3O2S/c1-8(11(2,9)10)4-3-5(6)7/h3-4H2,1-2H3,(H3,6,7). The molecule has 0 atom stereocenters. The van der Waals surface area contributed by atoms with Gasteiger partial charge in [-0.15, -0.1) is 0 Å². The van der Waals surface area contributed by atoms with Crippen LogP contribution in [0.25, 0.3) is 0 Å². The molecule has 0 radical (unpaired) electrons. The summed E-state index contributed by atoms with van der Waals surface area (Å²) in [6.45, 7) is 0.272. The zero-order valence-corrected chi connectivity index (χ0v) is 7.48. The van der Waals surface area contributed by atoms with Gasteiger partial charge in [0.15, 0.2) is 0 Å². The van der Waals surface area contributed by atoms with Crippen LogP contribution < -0.4 is 5.73 Å². The van der Waals surface area contributed by atoms with Crippen molar-refractivity contribution < 1.29 is 8.42 Å². The van der Waals surface area contributed by atoms with Gasteiger partial charge < -0.3 is 5.73 Å². The van der Waals surface area contributed by atoms with Crippen LogP contribution in [0, 0.1) is 5.41 Å². The van der Waals surface area contributed by atoms with Crippen molar-refractivity contribution >= 4 is 15.9 Å². The van der Waals surface area contributed by atoms with Crippen LogP contribution in [0.1, 0.15) is 6.42 Å². The first kappa shape index (κ1) is 10.4. The molecular weight excluding hydrogens is 166 g/mol. The molecule has 0 aromatic heterocycles. The molecule has 0 aliphatic heterocycles. The van der Waals surface area contributed by atoms with E-state index in [1.54, 1.807) is 0 Å². The highest BCUT2D eigenvalue weighted by Crippen LogP contribution is 1.93. The average molecular weight is 179 g/mol. The van der Waals surface area contributed by atoms with Crippen LogP contribution in [0.2, 0.25) is 0 Å². The van der Waals surface area contributed by atoms with E-state index in [2.05, 4.69) is 0 Å². The van der Waals surface area contributed by atoms with Gasteiger partial charge in [-0.2, -0.15) is 0 Å². The lowest BCUT2D eigenvalue weighted by Crippen LogP contribution is -2.29. The first-order valence-corrected chi connectivity index (χ1v) is 4.93. The van der Waals surface area contributed by atoms with Gasteiger partial charge >= 0.3 is 0 Å². The van der Waals surface area contributed by atoms with Gasteiger partial charge in [0.2, 0.25) is 10.0 Å². The molecule has 0 saturated carbocycles. The Hall–Kier alpha value is -0.620. The lowest BCUT2D eigenvalue weighted by atomic mass is 10.4. The minimum absolute atomic E-state index is 0.000463. The van der Waals surface area contributed by atoms with E-state index < -0.39 is 10.0 Å². The maximum absolute atomic E-state index is 10.8. The highest BCUT2D eigenvalue weighted by Gasteiger charge is 2.09. The van der Waals surface area contributed by atoms with E-state index in [-0.39, 0.29) is 18.8 Å². The topological polar surface area (TPSA) is 87.2 Å². The maximum atomic E-state index is 10.8. The van der Waals surface area contributed by atoms with Crippen molar-refractivity contribution in [1.82, 2.24) is 4.31 Å². The van der Waals surface area contributed by atoms with Crippen molar-refractivity contribution in [2.75, 3.05) is 19.8 Å². The molecule has 6 heteroatoms. The number of hydrogen-bond acceptors (Lipinski definition) is 3. The van der Waals surface area contributed by atoms with E-state index in [1.165, 1.54) is 7.05 Å². The van der Waals surface area contributed by atoms with Crippen LogP contribution >= 0.6 is 0 Å². The van der Waals surface area contributed by atoms with Crippen molar-refractivity contribution in [1.29, 1.82) is 5.41 Å². The van der Waals surface area contributed by atoms with E-state index in [1.807, 2.05) is 0 Å². The average Bonchev–Trinajstić information content (AvgIpc) is 1.80. The summed E-state index contributed by atoms with van der Waals surface area (Å²) < 4.78 is 22.7. The molecule has 66 valence electrons. The van der Waals surface area contributed by atoms with Gasteiger partial charge in [-0.3, -0.25) is 5.41 Å². The van der Waals surface area contributed by atoms with Crippen LogP contribution in [-0.4, -0.2) is 38.4 Å². The van der Waals surface area contributed by atoms with Crippen molar-refractivity contribution in [3.05, 3.63) is 0 Å². The zero-order chi connectivity index (χ0) is 9.07. The molecule has 0 saturated heterocycles. The summed E-state index contributed by atoms with van der Waals surface area (Å²) in [5.74, 6) is 0.000463. The van der Waals surface area contributed by atoms with Gasteiger partial charge in [0.05, 0.1) is 12.1 Å². The third-order valence-corrected chi connectivity index (χ3v) is 2.58. The largest absolute Gasteiger partial charge is 0.388 e. The van der Waals surface area contributed by atoms with Gasteiger partial charge in [-0.25, -0.2) is 12.7 Å². The Morgan fingerprint density at radius 3 is 2.36 bits per heavy atom. The highest BCUT2D eigenvalue weighted by molar-refractivity contribution is 7.88. The summed E-state index contributed by atoms with van der Waals surface area (Å²) in [6.07, 6.45) is 1.40. The summed E-state index contributed by atoms with van der Waals surface area (Å²) in [5.41, 5.74) is 5.05. The minimum atomic E-state index is -3.12. The number of nitrogens with one attached hydrogen (secondary N) is 1. The third-order valence-electron chi connectivity index (χ3n) is 1.26. The summed E-state index contributed by atoms with van der Waals surface area (Å²) in [5, 5.41) is 6.85. The summed E-state index contributed by atoms with van der Waals surface area (Å²) in [4.78, 5) is 0. The molecule has 0 bridgehead atoms. The molecule has 0 aromatic carbocycles. The fourth-order valence-electron chi connectivity index (χ4n) is 0.444. The molecule has 0 aliphatic carbocycles. The van der Waals surface area contributed by atoms with Crippen molar-refractivity contribution in [2.45, 2.75) is 6.42 Å². The van der Waals surface area contributed by atoms with Crippen LogP contribution in [-0.2, 0) is 10.0 Å². The normalized spacial score (nSPS) is 11.9. The number of sulfonamides is 1. The molecule has 5 nitrogen and oxygen atoms in total. The van der Waals surface area contributed by atoms with Gasteiger partial charge in [0.1, 0.15) is 0 Å². The van der Waals surface area contributed by atoms with Gasteiger partial charge in [0.25, 0.3) is 0 Å². The summed E-state index contributed by atoms with van der Waals surface area (Å²) in [6, 6.07) is 0. The molecule has 0 spiro atoms. The Bertz CT molecular complexity index is 234. The number of rotatable bonds is 4. The van der Waals surface area contributed by atoms with Gasteiger partial charge in [-0.05, 0) is 0 Å². The Morgan fingerprint density at radius 1 is 1.64 bits per heavy atom. The second kappa shape index (κ2) is 3.68. The SMILES string of the molecule is CN(CCC(=N)N)S(C)(=O)=O. The van der Waals surface area contributed by atoms with Crippen LogP contribution in [0.5, 0.6) is 0 Å². The van der Waals surface area contributed by atoms with Gasteiger partial charge in [-0.1, -0.05) is 0 Å². The molecule has 0 aromatic rings. The van der Waals surface area contributed by atoms with E-state index in [0.29, 0.717) is 0 Å². The lowest BCUT2D eigenvalue weighted by Gasteiger charge is -2.12. The second-order valence-electron chi connectivity index (χ2n) is 2.36. The van der Waals surface area contributed by atoms with Crippen LogP contribution in [0.15, 0.2) is 0 Å². The molecule has 0 unspecified atom stereocenters.